The number of ether oxygens (including phenoxy) is 5. The Hall–Kier alpha value is -4.80. The lowest BCUT2D eigenvalue weighted by Gasteiger charge is -2.26. The van der Waals surface area contributed by atoms with Gasteiger partial charge >= 0.3 is 5.97 Å². The quantitative estimate of drug-likeness (QED) is 0.122. The van der Waals surface area contributed by atoms with E-state index in [-0.39, 0.29) is 24.3 Å². The van der Waals surface area contributed by atoms with Gasteiger partial charge in [-0.05, 0) is 75.2 Å². The summed E-state index contributed by atoms with van der Waals surface area (Å²) < 4.78 is 30.9. The fourth-order valence-corrected chi connectivity index (χ4v) is 6.79. The zero-order valence-corrected chi connectivity index (χ0v) is 29.1. The molecule has 1 aliphatic heterocycles. The van der Waals surface area contributed by atoms with Crippen LogP contribution >= 0.6 is 22.9 Å². The number of esters is 1. The van der Waals surface area contributed by atoms with Crippen molar-refractivity contribution in [3.05, 3.63) is 125 Å². The Bertz CT molecular complexity index is 2060. The Labute approximate surface area is 288 Å². The molecule has 9 nitrogen and oxygen atoms in total. The third-order valence-electron chi connectivity index (χ3n) is 7.69. The molecule has 0 bridgehead atoms. The van der Waals surface area contributed by atoms with Gasteiger partial charge in [-0.1, -0.05) is 47.2 Å². The van der Waals surface area contributed by atoms with Crippen molar-refractivity contribution >= 4 is 35.0 Å². The van der Waals surface area contributed by atoms with E-state index >= 15 is 0 Å². The highest BCUT2D eigenvalue weighted by Gasteiger charge is 2.35. The highest BCUT2D eigenvalue weighted by atomic mass is 35.5. The van der Waals surface area contributed by atoms with Crippen LogP contribution in [0.15, 0.2) is 88.3 Å². The lowest BCUT2D eigenvalue weighted by Crippen LogP contribution is -2.40. The highest BCUT2D eigenvalue weighted by Crippen LogP contribution is 2.38. The van der Waals surface area contributed by atoms with Gasteiger partial charge in [-0.25, -0.2) is 9.79 Å². The number of thiazole rings is 1. The zero-order valence-electron chi connectivity index (χ0n) is 27.5. The molecular weight excluding hydrogens is 652 g/mol. The topological polar surface area (TPSA) is 97.6 Å². The summed E-state index contributed by atoms with van der Waals surface area (Å²) in [7, 11) is 3.09. The number of rotatable bonds is 13. The first-order valence-corrected chi connectivity index (χ1v) is 16.6. The molecule has 1 aromatic heterocycles. The standard InChI is InChI=1S/C37H37ClN2O7S/c1-7-12-24-17-23(18-30(45-8-2)34(24)47-21-25-13-10-11-14-28(25)38)19-31-35(41)40-33(27-20-26(43-5)15-16-29(27)44-6)32(36(42)46-9-3)22(4)39-37(40)48-31/h7,10-11,13-20,33H,1,8-9,12,21H2,2-6H3/b31-19+/t33-/m0/s1. The number of hydrogen-bond donors (Lipinski definition) is 0. The molecule has 0 N–H and O–H groups in total. The molecule has 1 atom stereocenters. The van der Waals surface area contributed by atoms with Gasteiger partial charge in [0.1, 0.15) is 24.1 Å². The Morgan fingerprint density at radius 1 is 1.02 bits per heavy atom. The van der Waals surface area contributed by atoms with Crippen molar-refractivity contribution in [1.29, 1.82) is 0 Å². The first-order chi connectivity index (χ1) is 23.2. The summed E-state index contributed by atoms with van der Waals surface area (Å²) in [6, 6.07) is 15.7. The van der Waals surface area contributed by atoms with Gasteiger partial charge in [-0.2, -0.15) is 0 Å². The van der Waals surface area contributed by atoms with E-state index in [1.165, 1.54) is 23.0 Å². The summed E-state index contributed by atoms with van der Waals surface area (Å²) >= 11 is 7.61. The van der Waals surface area contributed by atoms with E-state index in [4.69, 9.17) is 40.3 Å². The van der Waals surface area contributed by atoms with Gasteiger partial charge in [0.2, 0.25) is 0 Å². The average molecular weight is 689 g/mol. The number of benzene rings is 3. The highest BCUT2D eigenvalue weighted by molar-refractivity contribution is 7.07. The summed E-state index contributed by atoms with van der Waals surface area (Å²) in [4.78, 5) is 32.8. The van der Waals surface area contributed by atoms with Gasteiger partial charge in [0.15, 0.2) is 16.3 Å². The van der Waals surface area contributed by atoms with Crippen molar-refractivity contribution in [2.24, 2.45) is 4.99 Å². The predicted octanol–water partition coefficient (Wildman–Crippen LogP) is 6.18. The van der Waals surface area contributed by atoms with Crippen LogP contribution in [0.4, 0.5) is 0 Å². The maximum absolute atomic E-state index is 14.3. The van der Waals surface area contributed by atoms with E-state index in [0.29, 0.717) is 61.6 Å². The van der Waals surface area contributed by atoms with Gasteiger partial charge in [-0.15, -0.1) is 6.58 Å². The van der Waals surface area contributed by atoms with E-state index in [1.807, 2.05) is 43.3 Å². The molecule has 4 aromatic rings. The van der Waals surface area contributed by atoms with Crippen LogP contribution in [0.2, 0.25) is 5.02 Å². The zero-order chi connectivity index (χ0) is 34.4. The Morgan fingerprint density at radius 2 is 1.81 bits per heavy atom. The molecule has 48 heavy (non-hydrogen) atoms. The number of aromatic nitrogens is 1. The van der Waals surface area contributed by atoms with Crippen molar-refractivity contribution < 1.29 is 28.5 Å². The van der Waals surface area contributed by atoms with E-state index in [9.17, 15) is 9.59 Å². The van der Waals surface area contributed by atoms with Crippen LogP contribution in [0.3, 0.4) is 0 Å². The fraction of sp³-hybridized carbons (Fsp3) is 0.270. The third kappa shape index (κ3) is 7.05. The summed E-state index contributed by atoms with van der Waals surface area (Å²) in [5.74, 6) is 1.57. The SMILES string of the molecule is C=CCc1cc(/C=c2/sc3n(c2=O)[C@@H](c2cc(OC)ccc2OC)C(C(=O)OCC)=C(C)N=3)cc(OCC)c1OCc1ccccc1Cl. The maximum Gasteiger partial charge on any atom is 0.338 e. The van der Waals surface area contributed by atoms with Crippen LogP contribution in [-0.2, 0) is 22.6 Å². The van der Waals surface area contributed by atoms with E-state index < -0.39 is 12.0 Å². The minimum absolute atomic E-state index is 0.162. The summed E-state index contributed by atoms with van der Waals surface area (Å²) in [6.45, 7) is 10.1. The number of hydrogen-bond acceptors (Lipinski definition) is 9. The number of carbonyl (C=O) groups is 1. The van der Waals surface area contributed by atoms with Crippen LogP contribution < -0.4 is 33.8 Å². The molecular formula is C37H37ClN2O7S. The second kappa shape index (κ2) is 15.4. The molecule has 250 valence electrons. The molecule has 0 aliphatic carbocycles. The van der Waals surface area contributed by atoms with E-state index in [1.54, 1.807) is 51.3 Å². The van der Waals surface area contributed by atoms with Gasteiger partial charge in [0.05, 0.1) is 43.2 Å². The molecule has 0 amide bonds. The summed E-state index contributed by atoms with van der Waals surface area (Å²) in [6.07, 6.45) is 4.07. The van der Waals surface area contributed by atoms with Crippen molar-refractivity contribution in [3.63, 3.8) is 0 Å². The second-order valence-corrected chi connectivity index (χ2v) is 12.1. The number of carbonyl (C=O) groups excluding carboxylic acids is 1. The van der Waals surface area contributed by atoms with Crippen LogP contribution in [-0.4, -0.2) is 38.0 Å². The lowest BCUT2D eigenvalue weighted by molar-refractivity contribution is -0.139. The molecule has 5 rings (SSSR count). The van der Waals surface area contributed by atoms with Crippen LogP contribution in [0.1, 0.15) is 49.1 Å². The van der Waals surface area contributed by atoms with Gasteiger partial charge in [0, 0.05) is 21.7 Å². The van der Waals surface area contributed by atoms with E-state index in [0.717, 1.165) is 16.7 Å². The molecule has 3 aromatic carbocycles. The van der Waals surface area contributed by atoms with Crippen LogP contribution in [0.5, 0.6) is 23.0 Å². The number of nitrogens with zero attached hydrogens (tertiary/aromatic N) is 2. The van der Waals surface area contributed by atoms with Gasteiger partial charge in [0.25, 0.3) is 5.56 Å². The van der Waals surface area contributed by atoms with Gasteiger partial charge in [-0.3, -0.25) is 9.36 Å². The smallest absolute Gasteiger partial charge is 0.338 e. The minimum atomic E-state index is -0.872. The molecule has 11 heteroatoms. The van der Waals surface area contributed by atoms with E-state index in [2.05, 4.69) is 6.58 Å². The summed E-state index contributed by atoms with van der Waals surface area (Å²) in [5, 5.41) is 0.610. The van der Waals surface area contributed by atoms with Crippen molar-refractivity contribution in [2.75, 3.05) is 27.4 Å². The number of methoxy groups -OCH3 is 2. The molecule has 0 radical (unpaired) electrons. The monoisotopic (exact) mass is 688 g/mol. The molecule has 2 heterocycles. The fourth-order valence-electron chi connectivity index (χ4n) is 5.56. The molecule has 0 saturated heterocycles. The predicted molar refractivity (Wildman–Crippen MR) is 187 cm³/mol. The maximum atomic E-state index is 14.3. The molecule has 1 aliphatic rings. The number of allylic oxidation sites excluding steroid dienone is 2. The van der Waals surface area contributed by atoms with Gasteiger partial charge < -0.3 is 23.7 Å². The summed E-state index contributed by atoms with van der Waals surface area (Å²) in [5.41, 5.74) is 3.33. The van der Waals surface area contributed by atoms with Crippen molar-refractivity contribution in [2.45, 2.75) is 39.8 Å². The molecule has 0 unspecified atom stereocenters. The van der Waals surface area contributed by atoms with Crippen LogP contribution in [0, 0.1) is 0 Å². The average Bonchev–Trinajstić information content (AvgIpc) is 3.37. The lowest BCUT2D eigenvalue weighted by atomic mass is 9.94. The first kappa shape index (κ1) is 34.5. The Balaban J connectivity index is 1.67. The molecule has 0 spiro atoms. The first-order valence-electron chi connectivity index (χ1n) is 15.4. The number of fused-ring (bicyclic) bond motifs is 1. The second-order valence-electron chi connectivity index (χ2n) is 10.7. The molecule has 0 saturated carbocycles. The third-order valence-corrected chi connectivity index (χ3v) is 9.05. The normalized spacial score (nSPS) is 14.2. The minimum Gasteiger partial charge on any atom is -0.497 e. The number of halogens is 1. The van der Waals surface area contributed by atoms with Crippen LogP contribution in [0.25, 0.3) is 6.08 Å². The van der Waals surface area contributed by atoms with Crippen molar-refractivity contribution in [1.82, 2.24) is 4.57 Å². The largest absolute Gasteiger partial charge is 0.497 e. The molecule has 0 fully saturated rings. The Kier molecular flexibility index (Phi) is 11.1. The Morgan fingerprint density at radius 3 is 2.50 bits per heavy atom. The van der Waals surface area contributed by atoms with Crippen molar-refractivity contribution in [3.8, 4) is 23.0 Å².